The van der Waals surface area contributed by atoms with Gasteiger partial charge in [-0.2, -0.15) is 0 Å². The lowest BCUT2D eigenvalue weighted by molar-refractivity contribution is -0.139. The fourth-order valence-corrected chi connectivity index (χ4v) is 4.16. The van der Waals surface area contributed by atoms with Gasteiger partial charge in [0, 0.05) is 18.8 Å². The van der Waals surface area contributed by atoms with Gasteiger partial charge in [0.2, 0.25) is 11.8 Å². The van der Waals surface area contributed by atoms with Crippen LogP contribution in [-0.2, 0) is 21.9 Å². The normalized spacial score (nSPS) is 11.8. The monoisotopic (exact) mass is 470 g/mol. The van der Waals surface area contributed by atoms with Crippen molar-refractivity contribution in [2.45, 2.75) is 38.6 Å². The Morgan fingerprint density at radius 3 is 2.33 bits per heavy atom. The molecule has 0 aliphatic carbocycles. The van der Waals surface area contributed by atoms with Gasteiger partial charge in [-0.3, -0.25) is 9.59 Å². The third kappa shape index (κ3) is 7.18. The molecule has 2 amide bonds. The number of carbonyl (C=O) groups is 2. The van der Waals surface area contributed by atoms with E-state index in [0.717, 1.165) is 11.1 Å². The summed E-state index contributed by atoms with van der Waals surface area (Å²) >= 11 is 13.5. The SMILES string of the molecule is CCNC(=O)[C@H](CC)N(Cc1ccc(Cl)c(Cl)c1)C(=O)CSCc1ccc(F)cc1. The average Bonchev–Trinajstić information content (AvgIpc) is 2.72. The van der Waals surface area contributed by atoms with Gasteiger partial charge >= 0.3 is 0 Å². The first kappa shape index (κ1) is 24.5. The lowest BCUT2D eigenvalue weighted by Gasteiger charge is -2.30. The quantitative estimate of drug-likeness (QED) is 0.511. The number of hydrogen-bond donors (Lipinski definition) is 1. The molecular weight excluding hydrogens is 446 g/mol. The summed E-state index contributed by atoms with van der Waals surface area (Å²) in [5, 5.41) is 3.64. The zero-order chi connectivity index (χ0) is 22.1. The van der Waals surface area contributed by atoms with E-state index in [9.17, 15) is 14.0 Å². The van der Waals surface area contributed by atoms with E-state index in [4.69, 9.17) is 23.2 Å². The summed E-state index contributed by atoms with van der Waals surface area (Å²) in [6.45, 7) is 4.46. The third-order valence-corrected chi connectivity index (χ3v) is 6.21. The Morgan fingerprint density at radius 2 is 1.73 bits per heavy atom. The molecular formula is C22H25Cl2FN2O2S. The van der Waals surface area contributed by atoms with Gasteiger partial charge in [0.1, 0.15) is 11.9 Å². The number of nitrogens with one attached hydrogen (secondary N) is 1. The summed E-state index contributed by atoms with van der Waals surface area (Å²) in [7, 11) is 0. The van der Waals surface area contributed by atoms with Crippen molar-refractivity contribution in [2.24, 2.45) is 0 Å². The number of rotatable bonds is 10. The Balaban J connectivity index is 2.13. The molecule has 162 valence electrons. The second-order valence-electron chi connectivity index (χ2n) is 6.71. The first-order valence-electron chi connectivity index (χ1n) is 9.69. The van der Waals surface area contributed by atoms with Crippen LogP contribution in [0.2, 0.25) is 10.0 Å². The number of nitrogens with zero attached hydrogens (tertiary/aromatic N) is 1. The van der Waals surface area contributed by atoms with Gasteiger partial charge < -0.3 is 10.2 Å². The number of likely N-dealkylation sites (N-methyl/N-ethyl adjacent to an activating group) is 1. The fourth-order valence-electron chi connectivity index (χ4n) is 2.97. The van der Waals surface area contributed by atoms with E-state index in [1.54, 1.807) is 35.2 Å². The molecule has 0 spiro atoms. The van der Waals surface area contributed by atoms with Crippen LogP contribution in [0.5, 0.6) is 0 Å². The van der Waals surface area contributed by atoms with Crippen LogP contribution in [0.4, 0.5) is 4.39 Å². The highest BCUT2D eigenvalue weighted by molar-refractivity contribution is 7.99. The van der Waals surface area contributed by atoms with Crippen LogP contribution >= 0.6 is 35.0 Å². The molecule has 1 atom stereocenters. The van der Waals surface area contributed by atoms with Crippen molar-refractivity contribution < 1.29 is 14.0 Å². The van der Waals surface area contributed by atoms with Gasteiger partial charge in [-0.25, -0.2) is 4.39 Å². The number of hydrogen-bond acceptors (Lipinski definition) is 3. The van der Waals surface area contributed by atoms with Crippen molar-refractivity contribution in [2.75, 3.05) is 12.3 Å². The van der Waals surface area contributed by atoms with Crippen LogP contribution in [-0.4, -0.2) is 35.1 Å². The fraction of sp³-hybridized carbons (Fsp3) is 0.364. The van der Waals surface area contributed by atoms with E-state index in [-0.39, 0.29) is 29.9 Å². The lowest BCUT2D eigenvalue weighted by atomic mass is 10.1. The molecule has 30 heavy (non-hydrogen) atoms. The van der Waals surface area contributed by atoms with E-state index in [2.05, 4.69) is 5.32 Å². The summed E-state index contributed by atoms with van der Waals surface area (Å²) in [6, 6.07) is 10.8. The Bertz CT molecular complexity index is 865. The van der Waals surface area contributed by atoms with Crippen LogP contribution < -0.4 is 5.32 Å². The second-order valence-corrected chi connectivity index (χ2v) is 8.51. The molecule has 2 aromatic carbocycles. The van der Waals surface area contributed by atoms with Crippen LogP contribution in [0.15, 0.2) is 42.5 Å². The summed E-state index contributed by atoms with van der Waals surface area (Å²) in [5.41, 5.74) is 1.73. The highest BCUT2D eigenvalue weighted by atomic mass is 35.5. The van der Waals surface area contributed by atoms with Gasteiger partial charge in [-0.1, -0.05) is 48.3 Å². The standard InChI is InChI=1S/C22H25Cl2FN2O2S/c1-3-20(22(29)26-4-2)27(12-16-7-10-18(23)19(24)11-16)21(28)14-30-13-15-5-8-17(25)9-6-15/h5-11,20H,3-4,12-14H2,1-2H3,(H,26,29)/t20-/m0/s1. The first-order valence-corrected chi connectivity index (χ1v) is 11.6. The summed E-state index contributed by atoms with van der Waals surface area (Å²) in [6.07, 6.45) is 0.488. The van der Waals surface area contributed by atoms with Crippen molar-refractivity contribution in [3.05, 3.63) is 69.5 Å². The van der Waals surface area contributed by atoms with E-state index < -0.39 is 6.04 Å². The summed E-state index contributed by atoms with van der Waals surface area (Å²) in [4.78, 5) is 27.2. The molecule has 0 heterocycles. The van der Waals surface area contributed by atoms with Crippen molar-refractivity contribution in [3.63, 3.8) is 0 Å². The molecule has 0 aliphatic heterocycles. The Kier molecular flexibility index (Phi) is 9.95. The maximum absolute atomic E-state index is 13.1. The number of amides is 2. The van der Waals surface area contributed by atoms with Crippen LogP contribution in [0.25, 0.3) is 0 Å². The highest BCUT2D eigenvalue weighted by Gasteiger charge is 2.28. The van der Waals surface area contributed by atoms with Crippen molar-refractivity contribution >= 4 is 46.8 Å². The molecule has 0 bridgehead atoms. The smallest absolute Gasteiger partial charge is 0.242 e. The molecule has 4 nitrogen and oxygen atoms in total. The van der Waals surface area contributed by atoms with E-state index in [1.807, 2.05) is 13.8 Å². The largest absolute Gasteiger partial charge is 0.355 e. The maximum Gasteiger partial charge on any atom is 0.242 e. The Hall–Kier alpha value is -1.76. The van der Waals surface area contributed by atoms with Gasteiger partial charge in [0.15, 0.2) is 0 Å². The van der Waals surface area contributed by atoms with Crippen LogP contribution in [0, 0.1) is 5.82 Å². The minimum atomic E-state index is -0.585. The summed E-state index contributed by atoms with van der Waals surface area (Å²) in [5.74, 6) is 0.155. The number of thioether (sulfide) groups is 1. The number of halogens is 3. The average molecular weight is 471 g/mol. The topological polar surface area (TPSA) is 49.4 Å². The summed E-state index contributed by atoms with van der Waals surface area (Å²) < 4.78 is 13.0. The van der Waals surface area contributed by atoms with Crippen molar-refractivity contribution in [3.8, 4) is 0 Å². The van der Waals surface area contributed by atoms with E-state index in [0.29, 0.717) is 28.8 Å². The molecule has 0 saturated carbocycles. The molecule has 0 radical (unpaired) electrons. The third-order valence-electron chi connectivity index (χ3n) is 4.48. The molecule has 0 unspecified atom stereocenters. The number of carbonyl (C=O) groups excluding carboxylic acids is 2. The second kappa shape index (κ2) is 12.2. The molecule has 0 saturated heterocycles. The zero-order valence-electron chi connectivity index (χ0n) is 17.0. The van der Waals surface area contributed by atoms with Gasteiger partial charge in [-0.15, -0.1) is 11.8 Å². The van der Waals surface area contributed by atoms with Crippen molar-refractivity contribution in [1.29, 1.82) is 0 Å². The molecule has 2 rings (SSSR count). The van der Waals surface area contributed by atoms with Crippen LogP contribution in [0.3, 0.4) is 0 Å². The van der Waals surface area contributed by atoms with Gasteiger partial charge in [0.25, 0.3) is 0 Å². The molecule has 1 N–H and O–H groups in total. The Morgan fingerprint density at radius 1 is 1.07 bits per heavy atom. The molecule has 0 aliphatic rings. The zero-order valence-corrected chi connectivity index (χ0v) is 19.3. The Labute approximate surface area is 191 Å². The van der Waals surface area contributed by atoms with Crippen molar-refractivity contribution in [1.82, 2.24) is 10.2 Å². The maximum atomic E-state index is 13.1. The van der Waals surface area contributed by atoms with Gasteiger partial charge in [-0.05, 0) is 48.7 Å². The molecule has 2 aromatic rings. The molecule has 8 heteroatoms. The lowest BCUT2D eigenvalue weighted by Crippen LogP contribution is -2.49. The minimum absolute atomic E-state index is 0.147. The molecule has 0 fully saturated rings. The van der Waals surface area contributed by atoms with Crippen LogP contribution in [0.1, 0.15) is 31.4 Å². The van der Waals surface area contributed by atoms with E-state index >= 15 is 0 Å². The first-order chi connectivity index (χ1) is 14.3. The molecule has 0 aromatic heterocycles. The van der Waals surface area contributed by atoms with Gasteiger partial charge in [0.05, 0.1) is 15.8 Å². The predicted octanol–water partition coefficient (Wildman–Crippen LogP) is 5.31. The number of benzene rings is 2. The highest BCUT2D eigenvalue weighted by Crippen LogP contribution is 2.24. The predicted molar refractivity (Wildman–Crippen MR) is 122 cm³/mol. The van der Waals surface area contributed by atoms with E-state index in [1.165, 1.54) is 23.9 Å². The minimum Gasteiger partial charge on any atom is -0.355 e.